The Balaban J connectivity index is 2.07. The van der Waals surface area contributed by atoms with Crippen molar-refractivity contribution >= 4 is 21.8 Å². The van der Waals surface area contributed by atoms with Crippen molar-refractivity contribution in [2.24, 2.45) is 0 Å². The minimum Gasteiger partial charge on any atom is -0.338 e. The lowest BCUT2D eigenvalue weighted by Gasteiger charge is -2.18. The normalized spacial score (nSPS) is 11.3. The van der Waals surface area contributed by atoms with Crippen molar-refractivity contribution in [3.63, 3.8) is 0 Å². The van der Waals surface area contributed by atoms with Crippen LogP contribution in [-0.4, -0.2) is 37.4 Å². The maximum Gasteiger partial charge on any atom is 0.282 e. The van der Waals surface area contributed by atoms with Gasteiger partial charge in [0.25, 0.3) is 6.43 Å². The molecule has 9 heteroatoms. The molecular formula is C14H18BrF2N5O. The van der Waals surface area contributed by atoms with Crippen LogP contribution in [0.1, 0.15) is 30.4 Å². The molecule has 0 saturated heterocycles. The lowest BCUT2D eigenvalue weighted by Crippen LogP contribution is -2.31. The fourth-order valence-corrected chi connectivity index (χ4v) is 2.60. The fourth-order valence-electron chi connectivity index (χ4n) is 2.18. The molecule has 23 heavy (non-hydrogen) atoms. The first-order valence-electron chi connectivity index (χ1n) is 7.10. The van der Waals surface area contributed by atoms with Crippen molar-refractivity contribution in [2.45, 2.75) is 39.9 Å². The molecule has 0 N–H and O–H groups in total. The van der Waals surface area contributed by atoms with E-state index in [-0.39, 0.29) is 18.1 Å². The monoisotopic (exact) mass is 389 g/mol. The van der Waals surface area contributed by atoms with Crippen molar-refractivity contribution in [3.8, 4) is 0 Å². The number of hydrogen-bond donors (Lipinski definition) is 0. The molecule has 6 nitrogen and oxygen atoms in total. The smallest absolute Gasteiger partial charge is 0.282 e. The standard InChI is InChI=1S/C14H18BrF2N5O/c1-4-21-12(10(15)6-18-21)7-20(3)13(23)8-22-9(2)5-11(19-22)14(16)17/h5-6,14H,4,7-8H2,1-3H3. The van der Waals surface area contributed by atoms with Gasteiger partial charge in [0.2, 0.25) is 5.91 Å². The van der Waals surface area contributed by atoms with E-state index in [2.05, 4.69) is 26.1 Å². The number of aromatic nitrogens is 4. The van der Waals surface area contributed by atoms with Crippen LogP contribution in [0, 0.1) is 6.92 Å². The van der Waals surface area contributed by atoms with Gasteiger partial charge in [-0.05, 0) is 35.8 Å². The van der Waals surface area contributed by atoms with Gasteiger partial charge in [0.1, 0.15) is 12.2 Å². The summed E-state index contributed by atoms with van der Waals surface area (Å²) in [7, 11) is 1.66. The molecule has 0 bridgehead atoms. The number of nitrogens with zero attached hydrogens (tertiary/aromatic N) is 5. The lowest BCUT2D eigenvalue weighted by atomic mass is 10.3. The minimum atomic E-state index is -2.64. The molecular weight excluding hydrogens is 372 g/mol. The third kappa shape index (κ3) is 3.95. The quantitative estimate of drug-likeness (QED) is 0.762. The Labute approximate surface area is 141 Å². The summed E-state index contributed by atoms with van der Waals surface area (Å²) in [6, 6.07) is 1.29. The van der Waals surface area contributed by atoms with Crippen molar-refractivity contribution < 1.29 is 13.6 Å². The molecule has 0 spiro atoms. The Bertz CT molecular complexity index is 697. The minimum absolute atomic E-state index is 0.0765. The van der Waals surface area contributed by atoms with Gasteiger partial charge in [0, 0.05) is 19.3 Å². The summed E-state index contributed by atoms with van der Waals surface area (Å²) in [4.78, 5) is 13.8. The Morgan fingerprint density at radius 2 is 2.13 bits per heavy atom. The maximum absolute atomic E-state index is 12.7. The molecule has 0 radical (unpaired) electrons. The third-order valence-corrected chi connectivity index (χ3v) is 4.18. The molecule has 126 valence electrons. The number of carbonyl (C=O) groups excluding carboxylic acids is 1. The Hall–Kier alpha value is -1.77. The van der Waals surface area contributed by atoms with E-state index in [0.29, 0.717) is 18.8 Å². The number of aryl methyl sites for hydroxylation is 2. The molecule has 0 aliphatic heterocycles. The highest BCUT2D eigenvalue weighted by Gasteiger charge is 2.18. The van der Waals surface area contributed by atoms with Crippen LogP contribution in [0.15, 0.2) is 16.7 Å². The van der Waals surface area contributed by atoms with E-state index >= 15 is 0 Å². The van der Waals surface area contributed by atoms with Crippen molar-refractivity contribution in [3.05, 3.63) is 33.8 Å². The van der Waals surface area contributed by atoms with Crippen molar-refractivity contribution in [2.75, 3.05) is 7.05 Å². The second-order valence-electron chi connectivity index (χ2n) is 5.17. The van der Waals surface area contributed by atoms with Crippen LogP contribution in [0.5, 0.6) is 0 Å². The largest absolute Gasteiger partial charge is 0.338 e. The van der Waals surface area contributed by atoms with Crippen molar-refractivity contribution in [1.82, 2.24) is 24.5 Å². The fraction of sp³-hybridized carbons (Fsp3) is 0.500. The Morgan fingerprint density at radius 1 is 1.43 bits per heavy atom. The molecule has 2 rings (SSSR count). The van der Waals surface area contributed by atoms with Crippen LogP contribution in [0.2, 0.25) is 0 Å². The molecule has 0 unspecified atom stereocenters. The van der Waals surface area contributed by atoms with Crippen LogP contribution in [0.4, 0.5) is 8.78 Å². The SMILES string of the molecule is CCn1ncc(Br)c1CN(C)C(=O)Cn1nc(C(F)F)cc1C. The van der Waals surface area contributed by atoms with Gasteiger partial charge in [-0.3, -0.25) is 14.2 Å². The molecule has 0 aliphatic carbocycles. The summed E-state index contributed by atoms with van der Waals surface area (Å²) in [5.41, 5.74) is 1.10. The number of likely N-dealkylation sites (N-methyl/N-ethyl adjacent to an activating group) is 1. The van der Waals surface area contributed by atoms with E-state index in [1.807, 2.05) is 6.92 Å². The number of carbonyl (C=O) groups is 1. The summed E-state index contributed by atoms with van der Waals surface area (Å²) in [5.74, 6) is -0.215. The highest BCUT2D eigenvalue weighted by molar-refractivity contribution is 9.10. The van der Waals surface area contributed by atoms with Crippen LogP contribution in [0.3, 0.4) is 0 Å². The lowest BCUT2D eigenvalue weighted by molar-refractivity contribution is -0.131. The predicted molar refractivity (Wildman–Crippen MR) is 84.0 cm³/mol. The molecule has 1 amide bonds. The molecule has 0 aromatic carbocycles. The Kier molecular flexibility index (Phi) is 5.51. The molecule has 2 aromatic heterocycles. The maximum atomic E-state index is 12.7. The van der Waals surface area contributed by atoms with Crippen LogP contribution in [-0.2, 0) is 24.4 Å². The molecule has 0 fully saturated rings. The average molecular weight is 390 g/mol. The van der Waals surface area contributed by atoms with Gasteiger partial charge in [-0.15, -0.1) is 0 Å². The van der Waals surface area contributed by atoms with E-state index in [1.54, 1.807) is 24.9 Å². The zero-order valence-corrected chi connectivity index (χ0v) is 14.7. The van der Waals surface area contributed by atoms with Crippen LogP contribution < -0.4 is 0 Å². The van der Waals surface area contributed by atoms with Gasteiger partial charge in [0.15, 0.2) is 0 Å². The second kappa shape index (κ2) is 7.20. The van der Waals surface area contributed by atoms with E-state index in [0.717, 1.165) is 10.2 Å². The van der Waals surface area contributed by atoms with E-state index in [1.165, 1.54) is 15.6 Å². The van der Waals surface area contributed by atoms with Gasteiger partial charge < -0.3 is 4.90 Å². The summed E-state index contributed by atoms with van der Waals surface area (Å²) >= 11 is 3.41. The van der Waals surface area contributed by atoms with Gasteiger partial charge in [0.05, 0.1) is 22.9 Å². The predicted octanol–water partition coefficient (Wildman–Crippen LogP) is 2.77. The summed E-state index contributed by atoms with van der Waals surface area (Å²) in [6.45, 7) is 4.60. The van der Waals surface area contributed by atoms with E-state index in [9.17, 15) is 13.6 Å². The number of halogens is 3. The highest BCUT2D eigenvalue weighted by atomic mass is 79.9. The van der Waals surface area contributed by atoms with E-state index < -0.39 is 6.43 Å². The highest BCUT2D eigenvalue weighted by Crippen LogP contribution is 2.19. The first kappa shape index (κ1) is 17.6. The third-order valence-electron chi connectivity index (χ3n) is 3.52. The van der Waals surface area contributed by atoms with Crippen molar-refractivity contribution in [1.29, 1.82) is 0 Å². The first-order valence-corrected chi connectivity index (χ1v) is 7.89. The Morgan fingerprint density at radius 3 is 2.70 bits per heavy atom. The molecule has 0 saturated carbocycles. The van der Waals surface area contributed by atoms with Gasteiger partial charge in [-0.25, -0.2) is 8.78 Å². The van der Waals surface area contributed by atoms with Crippen LogP contribution in [0.25, 0.3) is 0 Å². The van der Waals surface area contributed by atoms with E-state index in [4.69, 9.17) is 0 Å². The average Bonchev–Trinajstić information content (AvgIpc) is 3.03. The topological polar surface area (TPSA) is 56.0 Å². The van der Waals surface area contributed by atoms with Gasteiger partial charge >= 0.3 is 0 Å². The number of alkyl halides is 2. The number of rotatable bonds is 6. The van der Waals surface area contributed by atoms with Gasteiger partial charge in [-0.2, -0.15) is 10.2 Å². The molecule has 0 aliphatic rings. The zero-order chi connectivity index (χ0) is 17.1. The number of hydrogen-bond acceptors (Lipinski definition) is 3. The second-order valence-corrected chi connectivity index (χ2v) is 6.03. The zero-order valence-electron chi connectivity index (χ0n) is 13.1. The van der Waals surface area contributed by atoms with Crippen LogP contribution >= 0.6 is 15.9 Å². The summed E-state index contributed by atoms with van der Waals surface area (Å²) in [6.07, 6.45) is -0.957. The molecule has 0 atom stereocenters. The molecule has 2 aromatic rings. The molecule has 2 heterocycles. The van der Waals surface area contributed by atoms with Gasteiger partial charge in [-0.1, -0.05) is 0 Å². The summed E-state index contributed by atoms with van der Waals surface area (Å²) in [5, 5.41) is 7.97. The summed E-state index contributed by atoms with van der Waals surface area (Å²) < 4.78 is 29.2. The first-order chi connectivity index (χ1) is 10.8. The number of amides is 1.